The quantitative estimate of drug-likeness (QED) is 0.304. The van der Waals surface area contributed by atoms with Gasteiger partial charge in [-0.05, 0) is 35.4 Å². The van der Waals surface area contributed by atoms with Crippen molar-refractivity contribution in [2.24, 2.45) is 0 Å². The summed E-state index contributed by atoms with van der Waals surface area (Å²) in [6.07, 6.45) is -0.555. The van der Waals surface area contributed by atoms with Crippen LogP contribution < -0.4 is 9.47 Å². The van der Waals surface area contributed by atoms with Crippen LogP contribution in [0.4, 0.5) is 0 Å². The Morgan fingerprint density at radius 1 is 0.742 bits per heavy atom. The molecule has 0 aliphatic carbocycles. The molecule has 0 spiro atoms. The van der Waals surface area contributed by atoms with E-state index in [4.69, 9.17) is 18.5 Å². The van der Waals surface area contributed by atoms with Gasteiger partial charge in [0.1, 0.15) is 17.7 Å². The summed E-state index contributed by atoms with van der Waals surface area (Å²) in [5, 5.41) is 0. The highest BCUT2D eigenvalue weighted by Gasteiger charge is 2.29. The first-order chi connectivity index (χ1) is 14.7. The van der Waals surface area contributed by atoms with Crippen LogP contribution in [-0.4, -0.2) is 31.2 Å². The number of carbonyl (C=O) groups is 3. The van der Waals surface area contributed by atoms with E-state index >= 15 is 0 Å². The fourth-order valence-corrected chi connectivity index (χ4v) is 3.73. The average molecular weight is 450 g/mol. The number of esters is 3. The van der Waals surface area contributed by atoms with Gasteiger partial charge in [-0.15, -0.1) is 0 Å². The van der Waals surface area contributed by atoms with Crippen molar-refractivity contribution in [2.75, 3.05) is 13.3 Å². The molecule has 9 nitrogen and oxygen atoms in total. The van der Waals surface area contributed by atoms with Crippen LogP contribution in [0.25, 0.3) is 0 Å². The molecular weight excluding hydrogens is 427 g/mol. The largest absolute Gasteiger partial charge is 0.469 e. The second-order valence-electron chi connectivity index (χ2n) is 6.37. The van der Waals surface area contributed by atoms with Gasteiger partial charge in [-0.25, -0.2) is 0 Å². The molecule has 2 aromatic rings. The Hall–Kier alpha value is -3.00. The molecule has 0 fully saturated rings. The predicted molar refractivity (Wildman–Crippen MR) is 110 cm³/mol. The summed E-state index contributed by atoms with van der Waals surface area (Å²) in [7, 11) is -2.66. The Morgan fingerprint density at radius 2 is 1.13 bits per heavy atom. The van der Waals surface area contributed by atoms with Gasteiger partial charge >= 0.3 is 25.5 Å². The van der Waals surface area contributed by atoms with Crippen molar-refractivity contribution in [3.8, 4) is 11.5 Å². The lowest BCUT2D eigenvalue weighted by atomic mass is 10.2. The molecular formula is C21H23O9P. The molecule has 0 saturated heterocycles. The summed E-state index contributed by atoms with van der Waals surface area (Å²) in [5.74, 6) is -0.898. The lowest BCUT2D eigenvalue weighted by molar-refractivity contribution is -0.138. The third-order valence-electron chi connectivity index (χ3n) is 3.78. The number of hydrogen-bond acceptors (Lipinski definition) is 9. The zero-order valence-electron chi connectivity index (χ0n) is 17.4. The van der Waals surface area contributed by atoms with Crippen molar-refractivity contribution in [3.05, 3.63) is 59.7 Å². The van der Waals surface area contributed by atoms with E-state index < -0.39 is 31.7 Å². The first-order valence-electron chi connectivity index (χ1n) is 9.19. The minimum Gasteiger partial charge on any atom is -0.469 e. The third-order valence-corrected chi connectivity index (χ3v) is 5.47. The van der Waals surface area contributed by atoms with Crippen LogP contribution in [0, 0.1) is 0 Å². The summed E-state index contributed by atoms with van der Waals surface area (Å²) in [6.45, 7) is 2.39. The standard InChI is InChI=1S/C21H23O9P/c1-15(22)29-19-8-4-17(5-9-19)12-27-31(25,14-21(24)26-3)28-13-18-6-10-20(11-7-18)30-16(2)23/h4-11H,12-14H2,1-3H3. The molecule has 0 unspecified atom stereocenters. The summed E-state index contributed by atoms with van der Waals surface area (Å²) in [5.41, 5.74) is 1.27. The predicted octanol–water partition coefficient (Wildman–Crippen LogP) is 3.64. The molecule has 2 aromatic carbocycles. The van der Waals surface area contributed by atoms with Crippen molar-refractivity contribution >= 4 is 25.5 Å². The normalized spacial score (nSPS) is 10.9. The maximum Gasteiger partial charge on any atom is 0.342 e. The van der Waals surface area contributed by atoms with E-state index in [1.165, 1.54) is 21.0 Å². The highest BCUT2D eigenvalue weighted by atomic mass is 31.2. The van der Waals surface area contributed by atoms with Gasteiger partial charge in [0.05, 0.1) is 20.3 Å². The molecule has 0 amide bonds. The molecule has 0 heterocycles. The van der Waals surface area contributed by atoms with Crippen LogP contribution in [0.3, 0.4) is 0 Å². The van der Waals surface area contributed by atoms with Gasteiger partial charge < -0.3 is 23.3 Å². The van der Waals surface area contributed by atoms with Gasteiger partial charge in [0.25, 0.3) is 0 Å². The zero-order valence-corrected chi connectivity index (χ0v) is 18.3. The van der Waals surface area contributed by atoms with Gasteiger partial charge in [-0.3, -0.25) is 18.9 Å². The molecule has 0 atom stereocenters. The molecule has 0 N–H and O–H groups in total. The molecule has 0 saturated carbocycles. The van der Waals surface area contributed by atoms with Crippen LogP contribution in [0.1, 0.15) is 25.0 Å². The Bertz CT molecular complexity index is 884. The fraction of sp³-hybridized carbons (Fsp3) is 0.286. The molecule has 2 rings (SSSR count). The van der Waals surface area contributed by atoms with Crippen molar-refractivity contribution in [2.45, 2.75) is 27.1 Å². The van der Waals surface area contributed by atoms with Crippen molar-refractivity contribution < 1.29 is 42.2 Å². The van der Waals surface area contributed by atoms with E-state index in [2.05, 4.69) is 4.74 Å². The molecule has 0 aliphatic heterocycles. The second-order valence-corrected chi connectivity index (χ2v) is 8.42. The SMILES string of the molecule is COC(=O)CP(=O)(OCc1ccc(OC(C)=O)cc1)OCc1ccc(OC(C)=O)cc1. The topological polar surface area (TPSA) is 114 Å². The summed E-state index contributed by atoms with van der Waals surface area (Å²) in [4.78, 5) is 33.6. The zero-order chi connectivity index (χ0) is 22.9. The highest BCUT2D eigenvalue weighted by molar-refractivity contribution is 7.54. The summed E-state index contributed by atoms with van der Waals surface area (Å²) in [6, 6.07) is 12.8. The Kier molecular flexibility index (Phi) is 8.93. The number of rotatable bonds is 10. The number of methoxy groups -OCH3 is 1. The lowest BCUT2D eigenvalue weighted by Gasteiger charge is -2.18. The molecule has 166 valence electrons. The van der Waals surface area contributed by atoms with Crippen molar-refractivity contribution in [1.29, 1.82) is 0 Å². The first kappa shape index (κ1) is 24.3. The monoisotopic (exact) mass is 450 g/mol. The van der Waals surface area contributed by atoms with Crippen LogP contribution in [-0.2, 0) is 45.9 Å². The van der Waals surface area contributed by atoms with E-state index in [9.17, 15) is 18.9 Å². The van der Waals surface area contributed by atoms with Crippen LogP contribution in [0.2, 0.25) is 0 Å². The van der Waals surface area contributed by atoms with Crippen LogP contribution >= 0.6 is 7.60 Å². The first-order valence-corrected chi connectivity index (χ1v) is 10.9. The minimum absolute atomic E-state index is 0.0972. The van der Waals surface area contributed by atoms with E-state index in [0.717, 1.165) is 0 Å². The molecule has 10 heteroatoms. The van der Waals surface area contributed by atoms with Gasteiger partial charge in [0.2, 0.25) is 0 Å². The highest BCUT2D eigenvalue weighted by Crippen LogP contribution is 2.49. The minimum atomic E-state index is -3.84. The van der Waals surface area contributed by atoms with Gasteiger partial charge in [0, 0.05) is 13.8 Å². The Labute approximate surface area is 179 Å². The number of hydrogen-bond donors (Lipinski definition) is 0. The third kappa shape index (κ3) is 8.72. The number of carbonyl (C=O) groups excluding carboxylic acids is 3. The van der Waals surface area contributed by atoms with Crippen molar-refractivity contribution in [3.63, 3.8) is 0 Å². The number of benzene rings is 2. The number of ether oxygens (including phenoxy) is 3. The molecule has 31 heavy (non-hydrogen) atoms. The van der Waals surface area contributed by atoms with Crippen LogP contribution in [0.5, 0.6) is 11.5 Å². The lowest BCUT2D eigenvalue weighted by Crippen LogP contribution is -2.11. The fourth-order valence-electron chi connectivity index (χ4n) is 2.34. The maximum absolute atomic E-state index is 13.1. The summed E-state index contributed by atoms with van der Waals surface area (Å²) < 4.78 is 38.5. The molecule has 0 radical (unpaired) electrons. The maximum atomic E-state index is 13.1. The van der Waals surface area contributed by atoms with E-state index in [1.807, 2.05) is 0 Å². The second kappa shape index (κ2) is 11.4. The van der Waals surface area contributed by atoms with E-state index in [1.54, 1.807) is 48.5 Å². The molecule has 0 aliphatic rings. The molecule has 0 aromatic heterocycles. The van der Waals surface area contributed by atoms with E-state index in [-0.39, 0.29) is 13.2 Å². The smallest absolute Gasteiger partial charge is 0.342 e. The van der Waals surface area contributed by atoms with Gasteiger partial charge in [-0.2, -0.15) is 0 Å². The Balaban J connectivity index is 2.02. The van der Waals surface area contributed by atoms with Crippen molar-refractivity contribution in [1.82, 2.24) is 0 Å². The summed E-state index contributed by atoms with van der Waals surface area (Å²) >= 11 is 0. The molecule has 0 bridgehead atoms. The van der Waals surface area contributed by atoms with Crippen LogP contribution in [0.15, 0.2) is 48.5 Å². The van der Waals surface area contributed by atoms with E-state index in [0.29, 0.717) is 22.6 Å². The van der Waals surface area contributed by atoms with Gasteiger partial charge in [-0.1, -0.05) is 24.3 Å². The Morgan fingerprint density at radius 3 is 1.45 bits per heavy atom. The van der Waals surface area contributed by atoms with Gasteiger partial charge in [0.15, 0.2) is 0 Å². The average Bonchev–Trinajstić information content (AvgIpc) is 2.72.